The number of hydrogen-bond donors (Lipinski definition) is 1. The van der Waals surface area contributed by atoms with Crippen LogP contribution >= 0.6 is 0 Å². The Morgan fingerprint density at radius 2 is 2.33 bits per heavy atom. The van der Waals surface area contributed by atoms with Crippen molar-refractivity contribution in [3.63, 3.8) is 0 Å². The average molecular weight is 160 g/mol. The molecular weight excluding hydrogens is 150 g/mol. The molecule has 0 heterocycles. The van der Waals surface area contributed by atoms with Crippen molar-refractivity contribution >= 4 is 5.71 Å². The first-order valence-corrected chi connectivity index (χ1v) is 4.08. The van der Waals surface area contributed by atoms with E-state index >= 15 is 0 Å². The predicted octanol–water partition coefficient (Wildman–Crippen LogP) is 1.81. The van der Waals surface area contributed by atoms with Gasteiger partial charge in [0.05, 0.1) is 5.71 Å². The van der Waals surface area contributed by atoms with Crippen molar-refractivity contribution in [2.75, 3.05) is 0 Å². The SMILES string of the molecule is O/N=C1/CCc2ccc[c]c2C1. The summed E-state index contributed by atoms with van der Waals surface area (Å²) in [5, 5.41) is 11.8. The van der Waals surface area contributed by atoms with Gasteiger partial charge in [-0.3, -0.25) is 0 Å². The third kappa shape index (κ3) is 1.20. The molecule has 61 valence electrons. The molecule has 1 aliphatic rings. The van der Waals surface area contributed by atoms with E-state index in [1.807, 2.05) is 12.1 Å². The third-order valence-corrected chi connectivity index (χ3v) is 2.24. The molecule has 1 aromatic carbocycles. The minimum atomic E-state index is 0.757. The lowest BCUT2D eigenvalue weighted by Crippen LogP contribution is -2.13. The van der Waals surface area contributed by atoms with Gasteiger partial charge in [0.1, 0.15) is 0 Å². The molecule has 12 heavy (non-hydrogen) atoms. The molecular formula is C10H10NO. The molecule has 0 saturated heterocycles. The van der Waals surface area contributed by atoms with E-state index in [2.05, 4.69) is 17.3 Å². The van der Waals surface area contributed by atoms with E-state index in [1.54, 1.807) is 0 Å². The molecule has 0 unspecified atom stereocenters. The van der Waals surface area contributed by atoms with Gasteiger partial charge in [0, 0.05) is 6.42 Å². The van der Waals surface area contributed by atoms with Gasteiger partial charge in [-0.15, -0.1) is 0 Å². The van der Waals surface area contributed by atoms with Crippen LogP contribution in [-0.2, 0) is 12.8 Å². The van der Waals surface area contributed by atoms with Gasteiger partial charge in [0.25, 0.3) is 0 Å². The number of hydrogen-bond acceptors (Lipinski definition) is 2. The highest BCUT2D eigenvalue weighted by molar-refractivity contribution is 5.87. The van der Waals surface area contributed by atoms with E-state index in [4.69, 9.17) is 5.21 Å². The molecule has 1 aromatic rings. The molecule has 0 fully saturated rings. The molecule has 0 aromatic heterocycles. The summed E-state index contributed by atoms with van der Waals surface area (Å²) in [4.78, 5) is 0. The van der Waals surface area contributed by atoms with Crippen LogP contribution in [0.3, 0.4) is 0 Å². The summed E-state index contributed by atoms with van der Waals surface area (Å²) in [6, 6.07) is 9.17. The fraction of sp³-hybridized carbons (Fsp3) is 0.300. The fourth-order valence-electron chi connectivity index (χ4n) is 1.56. The fourth-order valence-corrected chi connectivity index (χ4v) is 1.56. The maximum atomic E-state index is 8.59. The number of aryl methyl sites for hydroxylation is 1. The molecule has 0 amide bonds. The van der Waals surface area contributed by atoms with Crippen LogP contribution in [0.1, 0.15) is 17.5 Å². The Hall–Kier alpha value is -1.31. The lowest BCUT2D eigenvalue weighted by molar-refractivity contribution is 0.316. The largest absolute Gasteiger partial charge is 0.411 e. The first-order valence-electron chi connectivity index (χ1n) is 4.08. The van der Waals surface area contributed by atoms with Gasteiger partial charge in [-0.2, -0.15) is 0 Å². The summed E-state index contributed by atoms with van der Waals surface area (Å²) in [6.45, 7) is 0. The predicted molar refractivity (Wildman–Crippen MR) is 46.5 cm³/mol. The summed E-state index contributed by atoms with van der Waals surface area (Å²) in [7, 11) is 0. The normalized spacial score (nSPS) is 19.2. The summed E-state index contributed by atoms with van der Waals surface area (Å²) in [6.07, 6.45) is 2.61. The first-order chi connectivity index (χ1) is 5.90. The van der Waals surface area contributed by atoms with Crippen LogP contribution in [0.5, 0.6) is 0 Å². The van der Waals surface area contributed by atoms with E-state index in [1.165, 1.54) is 11.1 Å². The molecule has 2 rings (SSSR count). The van der Waals surface area contributed by atoms with Gasteiger partial charge in [0.2, 0.25) is 0 Å². The van der Waals surface area contributed by atoms with Crippen molar-refractivity contribution in [3.8, 4) is 0 Å². The zero-order chi connectivity index (χ0) is 8.39. The van der Waals surface area contributed by atoms with Gasteiger partial charge in [-0.1, -0.05) is 23.4 Å². The summed E-state index contributed by atoms with van der Waals surface area (Å²) in [5.74, 6) is 0. The Morgan fingerprint density at radius 1 is 1.42 bits per heavy atom. The number of rotatable bonds is 0. The molecule has 2 heteroatoms. The topological polar surface area (TPSA) is 32.6 Å². The summed E-state index contributed by atoms with van der Waals surface area (Å²) in [5.41, 5.74) is 3.38. The standard InChI is InChI=1S/C10H10NO/c12-11-10-6-5-8-3-1-2-4-9(8)7-10/h1-3,12H,5-7H2/b11-10-. The molecule has 0 spiro atoms. The molecule has 1 N–H and O–H groups in total. The van der Waals surface area contributed by atoms with E-state index in [0.717, 1.165) is 25.0 Å². The van der Waals surface area contributed by atoms with Crippen LogP contribution in [-0.4, -0.2) is 10.9 Å². The lowest BCUT2D eigenvalue weighted by atomic mass is 9.91. The molecule has 0 atom stereocenters. The number of benzene rings is 1. The van der Waals surface area contributed by atoms with E-state index < -0.39 is 0 Å². The van der Waals surface area contributed by atoms with Crippen LogP contribution in [0.4, 0.5) is 0 Å². The van der Waals surface area contributed by atoms with Crippen molar-refractivity contribution in [1.82, 2.24) is 0 Å². The van der Waals surface area contributed by atoms with Crippen molar-refractivity contribution < 1.29 is 5.21 Å². The molecule has 1 radical (unpaired) electrons. The minimum Gasteiger partial charge on any atom is -0.411 e. The second-order valence-corrected chi connectivity index (χ2v) is 3.02. The Balaban J connectivity index is 2.35. The van der Waals surface area contributed by atoms with Crippen molar-refractivity contribution in [1.29, 1.82) is 0 Å². The van der Waals surface area contributed by atoms with Crippen molar-refractivity contribution in [3.05, 3.63) is 35.4 Å². The van der Waals surface area contributed by atoms with Crippen molar-refractivity contribution in [2.45, 2.75) is 19.3 Å². The number of fused-ring (bicyclic) bond motifs is 1. The van der Waals surface area contributed by atoms with Crippen molar-refractivity contribution in [2.24, 2.45) is 5.16 Å². The lowest BCUT2D eigenvalue weighted by Gasteiger charge is -2.15. The minimum absolute atomic E-state index is 0.757. The summed E-state index contributed by atoms with van der Waals surface area (Å²) < 4.78 is 0. The van der Waals surface area contributed by atoms with Gasteiger partial charge < -0.3 is 5.21 Å². The maximum absolute atomic E-state index is 8.59. The van der Waals surface area contributed by atoms with E-state index in [9.17, 15) is 0 Å². The first kappa shape index (κ1) is 7.35. The molecule has 0 aliphatic heterocycles. The van der Waals surface area contributed by atoms with Gasteiger partial charge in [0.15, 0.2) is 0 Å². The highest BCUT2D eigenvalue weighted by Crippen LogP contribution is 2.18. The second kappa shape index (κ2) is 2.97. The quantitative estimate of drug-likeness (QED) is 0.455. The molecule has 0 saturated carbocycles. The zero-order valence-corrected chi connectivity index (χ0v) is 6.75. The van der Waals surface area contributed by atoms with Crippen LogP contribution in [0, 0.1) is 6.07 Å². The van der Waals surface area contributed by atoms with Crippen LogP contribution < -0.4 is 0 Å². The van der Waals surface area contributed by atoms with Gasteiger partial charge in [-0.25, -0.2) is 0 Å². The number of nitrogens with zero attached hydrogens (tertiary/aromatic N) is 1. The highest BCUT2D eigenvalue weighted by atomic mass is 16.4. The Bertz CT molecular complexity index is 317. The smallest absolute Gasteiger partial charge is 0.0618 e. The van der Waals surface area contributed by atoms with Gasteiger partial charge >= 0.3 is 0 Å². The van der Waals surface area contributed by atoms with E-state index in [0.29, 0.717) is 0 Å². The number of oxime groups is 1. The molecule has 2 nitrogen and oxygen atoms in total. The average Bonchev–Trinajstić information content (AvgIpc) is 2.17. The van der Waals surface area contributed by atoms with E-state index in [-0.39, 0.29) is 0 Å². The third-order valence-electron chi connectivity index (χ3n) is 2.24. The molecule has 0 bridgehead atoms. The Kier molecular flexibility index (Phi) is 1.82. The van der Waals surface area contributed by atoms with Crippen LogP contribution in [0.25, 0.3) is 0 Å². The zero-order valence-electron chi connectivity index (χ0n) is 6.75. The summed E-state index contributed by atoms with van der Waals surface area (Å²) >= 11 is 0. The molecule has 1 aliphatic carbocycles. The highest BCUT2D eigenvalue weighted by Gasteiger charge is 2.13. The second-order valence-electron chi connectivity index (χ2n) is 3.02. The van der Waals surface area contributed by atoms with Crippen LogP contribution in [0.15, 0.2) is 23.4 Å². The van der Waals surface area contributed by atoms with Crippen LogP contribution in [0.2, 0.25) is 0 Å². The monoisotopic (exact) mass is 160 g/mol. The Labute approximate surface area is 71.5 Å². The Morgan fingerprint density at radius 3 is 3.17 bits per heavy atom. The maximum Gasteiger partial charge on any atom is 0.0618 e. The van der Waals surface area contributed by atoms with Gasteiger partial charge in [-0.05, 0) is 30.0 Å².